The summed E-state index contributed by atoms with van der Waals surface area (Å²) in [7, 11) is 0. The average Bonchev–Trinajstić information content (AvgIpc) is 3.44. The molecule has 0 amide bonds. The van der Waals surface area contributed by atoms with Crippen molar-refractivity contribution < 1.29 is 0 Å². The van der Waals surface area contributed by atoms with Crippen LogP contribution >= 0.6 is 45.9 Å². The zero-order chi connectivity index (χ0) is 21.8. The molecule has 158 valence electrons. The molecule has 2 aromatic heterocycles. The molecule has 0 bridgehead atoms. The maximum Gasteiger partial charge on any atom is 0.271 e. The summed E-state index contributed by atoms with van der Waals surface area (Å²) in [6.45, 7) is 0. The zero-order valence-electron chi connectivity index (χ0n) is 16.7. The van der Waals surface area contributed by atoms with Crippen LogP contribution in [0.1, 0.15) is 34.0 Å². The van der Waals surface area contributed by atoms with Crippen LogP contribution in [0.5, 0.6) is 0 Å². The maximum atomic E-state index is 13.6. The van der Waals surface area contributed by atoms with Crippen LogP contribution in [-0.2, 0) is 6.42 Å². The minimum absolute atomic E-state index is 0.0476. The number of halogens is 2. The lowest BCUT2D eigenvalue weighted by Crippen LogP contribution is -2.38. The van der Waals surface area contributed by atoms with E-state index in [4.69, 9.17) is 28.2 Å². The van der Waals surface area contributed by atoms with Gasteiger partial charge in [-0.1, -0.05) is 77.0 Å². The van der Waals surface area contributed by atoms with Gasteiger partial charge in [0.05, 0.1) is 26.3 Å². The molecule has 3 heterocycles. The van der Waals surface area contributed by atoms with Gasteiger partial charge in [-0.05, 0) is 53.1 Å². The molecular weight excluding hydrogens is 479 g/mol. The molecular formula is C25H16Cl2N2OS2. The van der Waals surface area contributed by atoms with Crippen LogP contribution in [0, 0.1) is 0 Å². The van der Waals surface area contributed by atoms with Gasteiger partial charge in [0.15, 0.2) is 4.80 Å². The van der Waals surface area contributed by atoms with Crippen molar-refractivity contribution in [2.45, 2.75) is 18.9 Å². The predicted molar refractivity (Wildman–Crippen MR) is 134 cm³/mol. The molecule has 0 saturated heterocycles. The number of hydrogen-bond acceptors (Lipinski definition) is 4. The van der Waals surface area contributed by atoms with Crippen LogP contribution in [0.2, 0.25) is 10.0 Å². The number of aryl methyl sites for hydroxylation is 1. The van der Waals surface area contributed by atoms with Gasteiger partial charge in [0.1, 0.15) is 0 Å². The Labute approximate surface area is 202 Å². The molecule has 1 aliphatic heterocycles. The number of fused-ring (bicyclic) bond motifs is 3. The SMILES string of the molecule is O=c1/c(=C/c2cccc(Cl)c2Cl)sc2n1C(c1cccs1)C1=C(N=2)c2ccccc2CC1. The molecule has 32 heavy (non-hydrogen) atoms. The molecule has 0 fully saturated rings. The number of allylic oxidation sites excluding steroid dienone is 1. The highest BCUT2D eigenvalue weighted by atomic mass is 35.5. The lowest BCUT2D eigenvalue weighted by Gasteiger charge is -2.30. The lowest BCUT2D eigenvalue weighted by molar-refractivity contribution is 0.593. The minimum atomic E-state index is -0.133. The van der Waals surface area contributed by atoms with E-state index in [1.807, 2.05) is 28.8 Å². The summed E-state index contributed by atoms with van der Waals surface area (Å²) in [6.07, 6.45) is 3.66. The van der Waals surface area contributed by atoms with E-state index in [0.717, 1.165) is 29.0 Å². The summed E-state index contributed by atoms with van der Waals surface area (Å²) in [5.74, 6) is 0. The van der Waals surface area contributed by atoms with Crippen LogP contribution in [0.25, 0.3) is 11.8 Å². The standard InChI is InChI=1S/C25H16Cl2N2OS2/c26-18-8-3-6-15(21(18)27)13-20-24(30)29-23(19-9-4-12-31-19)17-11-10-14-5-1-2-7-16(14)22(17)28-25(29)32-20/h1-9,12-13,23H,10-11H2/b20-13-. The van der Waals surface area contributed by atoms with Crippen molar-refractivity contribution in [2.75, 3.05) is 0 Å². The number of hydrogen-bond donors (Lipinski definition) is 0. The van der Waals surface area contributed by atoms with E-state index < -0.39 is 0 Å². The molecule has 3 nitrogen and oxygen atoms in total. The highest BCUT2D eigenvalue weighted by Gasteiger charge is 2.32. The predicted octanol–water partition coefficient (Wildman–Crippen LogP) is 5.69. The Kier molecular flexibility index (Phi) is 4.95. The number of benzene rings is 2. The van der Waals surface area contributed by atoms with Crippen LogP contribution in [0.15, 0.2) is 75.3 Å². The molecule has 0 saturated carbocycles. The molecule has 6 rings (SSSR count). The van der Waals surface area contributed by atoms with Gasteiger partial charge in [0.25, 0.3) is 5.56 Å². The first-order valence-corrected chi connectivity index (χ1v) is 12.7. The first-order valence-electron chi connectivity index (χ1n) is 10.2. The van der Waals surface area contributed by atoms with Gasteiger partial charge < -0.3 is 0 Å². The van der Waals surface area contributed by atoms with E-state index in [9.17, 15) is 4.79 Å². The second-order valence-electron chi connectivity index (χ2n) is 7.77. The van der Waals surface area contributed by atoms with Crippen molar-refractivity contribution in [3.8, 4) is 0 Å². The molecule has 1 aliphatic carbocycles. The smallest absolute Gasteiger partial charge is 0.271 e. The molecule has 7 heteroatoms. The Balaban J connectivity index is 1.63. The molecule has 4 aromatic rings. The molecule has 0 radical (unpaired) electrons. The van der Waals surface area contributed by atoms with E-state index in [1.165, 1.54) is 28.0 Å². The van der Waals surface area contributed by atoms with Gasteiger partial charge in [0, 0.05) is 10.4 Å². The summed E-state index contributed by atoms with van der Waals surface area (Å²) in [6, 6.07) is 17.9. The minimum Gasteiger partial charge on any atom is -0.271 e. The van der Waals surface area contributed by atoms with Gasteiger partial charge in [0.2, 0.25) is 0 Å². The van der Waals surface area contributed by atoms with Crippen LogP contribution < -0.4 is 14.9 Å². The van der Waals surface area contributed by atoms with E-state index in [1.54, 1.807) is 17.4 Å². The van der Waals surface area contributed by atoms with Crippen molar-refractivity contribution in [3.63, 3.8) is 0 Å². The molecule has 2 aromatic carbocycles. The van der Waals surface area contributed by atoms with Crippen molar-refractivity contribution >= 4 is 57.6 Å². The number of thiophene rings is 1. The summed E-state index contributed by atoms with van der Waals surface area (Å²) in [5.41, 5.74) is 5.39. The molecule has 0 spiro atoms. The second-order valence-corrected chi connectivity index (χ2v) is 10.5. The fraction of sp³-hybridized carbons (Fsp3) is 0.120. The third kappa shape index (κ3) is 3.15. The first-order chi connectivity index (χ1) is 15.6. The number of aromatic nitrogens is 1. The van der Waals surface area contributed by atoms with Crippen molar-refractivity contribution in [2.24, 2.45) is 4.99 Å². The van der Waals surface area contributed by atoms with Crippen molar-refractivity contribution in [1.29, 1.82) is 0 Å². The van der Waals surface area contributed by atoms with E-state index in [2.05, 4.69) is 35.7 Å². The molecule has 0 N–H and O–H groups in total. The summed E-state index contributed by atoms with van der Waals surface area (Å²) >= 11 is 15.7. The van der Waals surface area contributed by atoms with Crippen LogP contribution in [0.4, 0.5) is 0 Å². The summed E-state index contributed by atoms with van der Waals surface area (Å²) in [4.78, 5) is 20.5. The summed E-state index contributed by atoms with van der Waals surface area (Å²) in [5, 5.41) is 2.98. The Bertz CT molecular complexity index is 1580. The van der Waals surface area contributed by atoms with Crippen molar-refractivity contribution in [1.82, 2.24) is 4.57 Å². The Morgan fingerprint density at radius 3 is 2.75 bits per heavy atom. The van der Waals surface area contributed by atoms with Gasteiger partial charge >= 0.3 is 0 Å². The number of rotatable bonds is 2. The monoisotopic (exact) mass is 494 g/mol. The van der Waals surface area contributed by atoms with Gasteiger partial charge in [-0.15, -0.1) is 11.3 Å². The topological polar surface area (TPSA) is 34.4 Å². The molecule has 1 unspecified atom stereocenters. The van der Waals surface area contributed by atoms with E-state index >= 15 is 0 Å². The van der Waals surface area contributed by atoms with Gasteiger partial charge in [-0.2, -0.15) is 0 Å². The third-order valence-electron chi connectivity index (χ3n) is 5.95. The van der Waals surface area contributed by atoms with Crippen LogP contribution in [0.3, 0.4) is 0 Å². The maximum absolute atomic E-state index is 13.6. The second kappa shape index (κ2) is 7.85. The van der Waals surface area contributed by atoms with Gasteiger partial charge in [-0.25, -0.2) is 4.99 Å². The lowest BCUT2D eigenvalue weighted by atomic mass is 9.85. The largest absolute Gasteiger partial charge is 0.271 e. The van der Waals surface area contributed by atoms with E-state index in [0.29, 0.717) is 19.4 Å². The Hall–Kier alpha value is -2.44. The Morgan fingerprint density at radius 1 is 1.03 bits per heavy atom. The average molecular weight is 495 g/mol. The zero-order valence-corrected chi connectivity index (χ0v) is 19.9. The van der Waals surface area contributed by atoms with Crippen molar-refractivity contribution in [3.05, 3.63) is 117 Å². The molecule has 2 aliphatic rings. The van der Waals surface area contributed by atoms with E-state index in [-0.39, 0.29) is 11.6 Å². The fourth-order valence-corrected chi connectivity index (χ4v) is 6.69. The highest BCUT2D eigenvalue weighted by Crippen LogP contribution is 2.42. The summed E-state index contributed by atoms with van der Waals surface area (Å²) < 4.78 is 2.45. The fourth-order valence-electron chi connectivity index (χ4n) is 4.49. The van der Waals surface area contributed by atoms with Gasteiger partial charge in [-0.3, -0.25) is 9.36 Å². The molecule has 1 atom stereocenters. The van der Waals surface area contributed by atoms with Crippen LogP contribution in [-0.4, -0.2) is 4.57 Å². The first kappa shape index (κ1) is 20.2. The number of nitrogens with zero attached hydrogens (tertiary/aromatic N) is 2. The number of thiazole rings is 1. The Morgan fingerprint density at radius 2 is 1.91 bits per heavy atom. The normalized spacial score (nSPS) is 17.6. The highest BCUT2D eigenvalue weighted by molar-refractivity contribution is 7.10. The quantitative estimate of drug-likeness (QED) is 0.352. The third-order valence-corrected chi connectivity index (χ3v) is 8.69.